The van der Waals surface area contributed by atoms with E-state index < -0.39 is 23.9 Å². The van der Waals surface area contributed by atoms with E-state index in [1.54, 1.807) is 17.0 Å². The number of carboxylic acids is 1. The van der Waals surface area contributed by atoms with Gasteiger partial charge in [0.25, 0.3) is 5.91 Å². The first kappa shape index (κ1) is 20.4. The Hall–Kier alpha value is -3.22. The van der Waals surface area contributed by atoms with Gasteiger partial charge < -0.3 is 15.1 Å². The van der Waals surface area contributed by atoms with Crippen LogP contribution >= 0.6 is 0 Å². The minimum Gasteiger partial charge on any atom is -0.481 e. The summed E-state index contributed by atoms with van der Waals surface area (Å²) in [5, 5.41) is 23.1. The van der Waals surface area contributed by atoms with Gasteiger partial charge in [0.1, 0.15) is 0 Å². The highest BCUT2D eigenvalue weighted by Crippen LogP contribution is 2.46. The van der Waals surface area contributed by atoms with E-state index in [-0.39, 0.29) is 6.04 Å². The first-order valence-corrected chi connectivity index (χ1v) is 11.6. The highest BCUT2D eigenvalue weighted by atomic mass is 16.4. The number of benzene rings is 3. The normalized spacial score (nSPS) is 25.1. The molecule has 2 N–H and O–H groups in total. The highest BCUT2D eigenvalue weighted by molar-refractivity contribution is 6.08. The number of aliphatic carboxylic acids is 1. The SMILES string of the molecule is O=C(O)CC1(O)C(=O)N(C2CCN(C3Cc4cccc5cccc3c45)CC2)c2ccccc21. The van der Waals surface area contributed by atoms with Crippen molar-refractivity contribution in [2.75, 3.05) is 18.0 Å². The Bertz CT molecular complexity index is 1270. The molecule has 0 aromatic heterocycles. The number of hydrogen-bond acceptors (Lipinski definition) is 4. The van der Waals surface area contributed by atoms with Crippen LogP contribution in [0.4, 0.5) is 5.69 Å². The molecule has 0 saturated carbocycles. The Morgan fingerprint density at radius 1 is 1.00 bits per heavy atom. The summed E-state index contributed by atoms with van der Waals surface area (Å²) in [6.07, 6.45) is 1.95. The number of nitrogens with zero attached hydrogens (tertiary/aromatic N) is 2. The van der Waals surface area contributed by atoms with Crippen molar-refractivity contribution in [2.24, 2.45) is 0 Å². The largest absolute Gasteiger partial charge is 0.481 e. The van der Waals surface area contributed by atoms with Gasteiger partial charge in [-0.25, -0.2) is 0 Å². The molecule has 6 heteroatoms. The number of fused-ring (bicyclic) bond motifs is 1. The molecule has 2 atom stereocenters. The molecule has 1 aliphatic carbocycles. The third-order valence-corrected chi connectivity index (χ3v) is 7.69. The summed E-state index contributed by atoms with van der Waals surface area (Å²) < 4.78 is 0. The molecule has 3 aromatic carbocycles. The van der Waals surface area contributed by atoms with Crippen LogP contribution in [0.5, 0.6) is 0 Å². The molecule has 168 valence electrons. The lowest BCUT2D eigenvalue weighted by atomic mass is 9.92. The summed E-state index contributed by atoms with van der Waals surface area (Å²) in [4.78, 5) is 28.9. The lowest BCUT2D eigenvalue weighted by Gasteiger charge is -2.40. The van der Waals surface area contributed by atoms with Crippen molar-refractivity contribution >= 4 is 28.3 Å². The predicted molar refractivity (Wildman–Crippen MR) is 125 cm³/mol. The van der Waals surface area contributed by atoms with Crippen LogP contribution in [-0.4, -0.2) is 46.1 Å². The lowest BCUT2D eigenvalue weighted by molar-refractivity contribution is -0.151. The molecule has 2 unspecified atom stereocenters. The van der Waals surface area contributed by atoms with Crippen molar-refractivity contribution in [2.45, 2.75) is 43.4 Å². The van der Waals surface area contributed by atoms with Crippen LogP contribution in [-0.2, 0) is 21.6 Å². The van der Waals surface area contributed by atoms with Crippen molar-refractivity contribution in [3.8, 4) is 0 Å². The maximum atomic E-state index is 13.3. The molecule has 1 saturated heterocycles. The molecule has 0 radical (unpaired) electrons. The number of hydrogen-bond donors (Lipinski definition) is 2. The highest BCUT2D eigenvalue weighted by Gasteiger charge is 2.53. The van der Waals surface area contributed by atoms with E-state index in [0.717, 1.165) is 32.4 Å². The smallest absolute Gasteiger partial charge is 0.307 e. The van der Waals surface area contributed by atoms with Gasteiger partial charge in [0.2, 0.25) is 0 Å². The van der Waals surface area contributed by atoms with Gasteiger partial charge in [-0.05, 0) is 47.2 Å². The van der Waals surface area contributed by atoms with Crippen LogP contribution in [0, 0.1) is 0 Å². The van der Waals surface area contributed by atoms with E-state index in [4.69, 9.17) is 0 Å². The number of piperidine rings is 1. The van der Waals surface area contributed by atoms with Gasteiger partial charge in [-0.15, -0.1) is 0 Å². The number of amides is 1. The van der Waals surface area contributed by atoms with Gasteiger partial charge in [-0.1, -0.05) is 54.6 Å². The van der Waals surface area contributed by atoms with E-state index in [2.05, 4.69) is 41.3 Å². The first-order valence-electron chi connectivity index (χ1n) is 11.6. The number of carbonyl (C=O) groups is 2. The van der Waals surface area contributed by atoms with Gasteiger partial charge in [-0.3, -0.25) is 14.5 Å². The average molecular weight is 443 g/mol. The summed E-state index contributed by atoms with van der Waals surface area (Å²) in [6.45, 7) is 1.70. The van der Waals surface area contributed by atoms with Gasteiger partial charge in [0.15, 0.2) is 5.60 Å². The molecule has 2 aliphatic heterocycles. The second kappa shape index (κ2) is 7.40. The van der Waals surface area contributed by atoms with Gasteiger partial charge in [-0.2, -0.15) is 0 Å². The van der Waals surface area contributed by atoms with Crippen molar-refractivity contribution in [1.82, 2.24) is 4.90 Å². The van der Waals surface area contributed by atoms with E-state index in [1.807, 2.05) is 12.1 Å². The monoisotopic (exact) mass is 442 g/mol. The van der Waals surface area contributed by atoms with E-state index in [1.165, 1.54) is 21.9 Å². The Kier molecular flexibility index (Phi) is 4.57. The maximum absolute atomic E-state index is 13.3. The van der Waals surface area contributed by atoms with Crippen LogP contribution in [0.2, 0.25) is 0 Å². The topological polar surface area (TPSA) is 81.1 Å². The molecule has 3 aliphatic rings. The molecule has 2 heterocycles. The Balaban J connectivity index is 1.24. The third kappa shape index (κ3) is 3.01. The minimum atomic E-state index is -2.00. The minimum absolute atomic E-state index is 0.0581. The average Bonchev–Trinajstić information content (AvgIpc) is 3.29. The van der Waals surface area contributed by atoms with Crippen molar-refractivity contribution in [1.29, 1.82) is 0 Å². The standard InChI is InChI=1S/C27H26N2O4/c30-24(31)16-27(33)21-9-1-2-10-22(21)29(26(27)32)19-11-13-28(14-12-19)23-15-18-7-3-5-17-6-4-8-20(23)25(17)18/h1-10,19,23,33H,11-16H2,(H,30,31). The predicted octanol–water partition coefficient (Wildman–Crippen LogP) is 3.61. The molecule has 1 amide bonds. The molecule has 0 bridgehead atoms. The quantitative estimate of drug-likeness (QED) is 0.645. The second-order valence-corrected chi connectivity index (χ2v) is 9.47. The van der Waals surface area contributed by atoms with Gasteiger partial charge >= 0.3 is 5.97 Å². The summed E-state index contributed by atoms with van der Waals surface area (Å²) in [5.74, 6) is -1.70. The van der Waals surface area contributed by atoms with E-state index in [0.29, 0.717) is 17.3 Å². The maximum Gasteiger partial charge on any atom is 0.307 e. The number of para-hydroxylation sites is 1. The van der Waals surface area contributed by atoms with Crippen molar-refractivity contribution < 1.29 is 19.8 Å². The third-order valence-electron chi connectivity index (χ3n) is 7.69. The van der Waals surface area contributed by atoms with Crippen LogP contribution in [0.1, 0.15) is 42.0 Å². The van der Waals surface area contributed by atoms with Crippen LogP contribution < -0.4 is 4.90 Å². The number of anilines is 1. The second-order valence-electron chi connectivity index (χ2n) is 9.47. The summed E-state index contributed by atoms with van der Waals surface area (Å²) in [7, 11) is 0. The molecule has 33 heavy (non-hydrogen) atoms. The summed E-state index contributed by atoms with van der Waals surface area (Å²) >= 11 is 0. The first-order chi connectivity index (χ1) is 16.0. The number of rotatable bonds is 4. The van der Waals surface area contributed by atoms with Gasteiger partial charge in [0, 0.05) is 30.7 Å². The lowest BCUT2D eigenvalue weighted by Crippen LogP contribution is -2.50. The fourth-order valence-corrected chi connectivity index (χ4v) is 6.21. The molecule has 3 aromatic rings. The number of carboxylic acid groups (broad SMARTS) is 1. The van der Waals surface area contributed by atoms with E-state index >= 15 is 0 Å². The molecular weight excluding hydrogens is 416 g/mol. The summed E-state index contributed by atoms with van der Waals surface area (Å²) in [6, 6.07) is 20.4. The molecule has 0 spiro atoms. The zero-order chi connectivity index (χ0) is 22.7. The molecular formula is C27H26N2O4. The van der Waals surface area contributed by atoms with Crippen molar-refractivity contribution in [3.05, 3.63) is 77.4 Å². The number of aliphatic hydroxyl groups is 1. The zero-order valence-corrected chi connectivity index (χ0v) is 18.3. The molecule has 1 fully saturated rings. The molecule has 6 rings (SSSR count). The Morgan fingerprint density at radius 3 is 2.48 bits per heavy atom. The Morgan fingerprint density at radius 2 is 1.73 bits per heavy atom. The number of likely N-dealkylation sites (tertiary alicyclic amines) is 1. The van der Waals surface area contributed by atoms with Crippen LogP contribution in [0.3, 0.4) is 0 Å². The fourth-order valence-electron chi connectivity index (χ4n) is 6.21. The fraction of sp³-hybridized carbons (Fsp3) is 0.333. The number of carbonyl (C=O) groups excluding carboxylic acids is 1. The summed E-state index contributed by atoms with van der Waals surface area (Å²) in [5.41, 5.74) is 1.83. The Labute approximate surface area is 192 Å². The zero-order valence-electron chi connectivity index (χ0n) is 18.3. The van der Waals surface area contributed by atoms with Crippen molar-refractivity contribution in [3.63, 3.8) is 0 Å². The van der Waals surface area contributed by atoms with Crippen LogP contribution in [0.15, 0.2) is 60.7 Å². The van der Waals surface area contributed by atoms with Gasteiger partial charge in [0.05, 0.1) is 12.1 Å². The van der Waals surface area contributed by atoms with Crippen LogP contribution in [0.25, 0.3) is 10.8 Å². The molecule has 6 nitrogen and oxygen atoms in total. The van der Waals surface area contributed by atoms with E-state index in [9.17, 15) is 19.8 Å².